The maximum absolute atomic E-state index is 12.2. The van der Waals surface area contributed by atoms with E-state index in [4.69, 9.17) is 0 Å². The monoisotopic (exact) mass is 339 g/mol. The topological polar surface area (TPSA) is 74.7 Å². The average molecular weight is 340 g/mol. The summed E-state index contributed by atoms with van der Waals surface area (Å²) in [7, 11) is 0. The van der Waals surface area contributed by atoms with Gasteiger partial charge >= 0.3 is 5.97 Å². The minimum Gasteiger partial charge on any atom is -0.478 e. The van der Waals surface area contributed by atoms with Crippen LogP contribution in [0.15, 0.2) is 22.7 Å². The molecule has 0 bridgehead atoms. The molecule has 1 fully saturated rings. The van der Waals surface area contributed by atoms with Gasteiger partial charge in [0.05, 0.1) is 11.3 Å². The highest BCUT2D eigenvalue weighted by atomic mass is 79.9. The van der Waals surface area contributed by atoms with E-state index in [1.54, 1.807) is 6.07 Å². The predicted octanol–water partition coefficient (Wildman–Crippen LogP) is 2.83. The van der Waals surface area contributed by atoms with Crippen LogP contribution in [0.4, 0.5) is 5.69 Å². The zero-order chi connectivity index (χ0) is 15.1. The van der Waals surface area contributed by atoms with Crippen LogP contribution < -0.4 is 4.90 Å². The molecule has 0 aromatic heterocycles. The lowest BCUT2D eigenvalue weighted by molar-refractivity contribution is -0.132. The first kappa shape index (κ1) is 14.7. The standard InChI is InChI=1S/C14H14BrNO4/c1-14(2)6-11(17)16(12(18)7-14)10-4-3-8(15)5-9(10)13(19)20/h3-5H,6-7H2,1-2H3,(H,19,20). The van der Waals surface area contributed by atoms with E-state index >= 15 is 0 Å². The smallest absolute Gasteiger partial charge is 0.337 e. The molecular weight excluding hydrogens is 326 g/mol. The van der Waals surface area contributed by atoms with Crippen molar-refractivity contribution in [3.05, 3.63) is 28.2 Å². The van der Waals surface area contributed by atoms with Crippen molar-refractivity contribution in [2.24, 2.45) is 5.41 Å². The third kappa shape index (κ3) is 2.75. The Bertz CT molecular complexity index is 589. The zero-order valence-corrected chi connectivity index (χ0v) is 12.7. The van der Waals surface area contributed by atoms with Gasteiger partial charge in [0, 0.05) is 17.3 Å². The van der Waals surface area contributed by atoms with E-state index in [0.29, 0.717) is 4.47 Å². The summed E-state index contributed by atoms with van der Waals surface area (Å²) in [6.07, 6.45) is 0.432. The van der Waals surface area contributed by atoms with Gasteiger partial charge in [0.15, 0.2) is 0 Å². The van der Waals surface area contributed by atoms with Gasteiger partial charge in [-0.05, 0) is 23.6 Å². The van der Waals surface area contributed by atoms with Gasteiger partial charge in [-0.15, -0.1) is 0 Å². The van der Waals surface area contributed by atoms with E-state index in [1.165, 1.54) is 12.1 Å². The van der Waals surface area contributed by atoms with Crippen molar-refractivity contribution in [2.45, 2.75) is 26.7 Å². The number of anilines is 1. The van der Waals surface area contributed by atoms with Crippen LogP contribution in [0.25, 0.3) is 0 Å². The van der Waals surface area contributed by atoms with Crippen molar-refractivity contribution in [2.75, 3.05) is 4.90 Å². The van der Waals surface area contributed by atoms with Crippen molar-refractivity contribution in [1.82, 2.24) is 0 Å². The number of carboxylic acid groups (broad SMARTS) is 1. The van der Waals surface area contributed by atoms with E-state index in [0.717, 1.165) is 4.90 Å². The van der Waals surface area contributed by atoms with E-state index < -0.39 is 5.97 Å². The molecule has 0 aliphatic carbocycles. The number of carbonyl (C=O) groups is 3. The number of carboxylic acids is 1. The molecule has 1 aromatic rings. The zero-order valence-electron chi connectivity index (χ0n) is 11.1. The Kier molecular flexibility index (Phi) is 3.69. The maximum atomic E-state index is 12.2. The second kappa shape index (κ2) is 5.01. The molecule has 1 saturated heterocycles. The first-order valence-electron chi connectivity index (χ1n) is 6.10. The van der Waals surface area contributed by atoms with E-state index in [-0.39, 0.29) is 41.3 Å². The molecule has 20 heavy (non-hydrogen) atoms. The molecule has 0 unspecified atom stereocenters. The normalized spacial score (nSPS) is 18.2. The number of rotatable bonds is 2. The maximum Gasteiger partial charge on any atom is 0.337 e. The van der Waals surface area contributed by atoms with Crippen molar-refractivity contribution in [1.29, 1.82) is 0 Å². The van der Waals surface area contributed by atoms with Crippen LogP contribution in [0, 0.1) is 5.41 Å². The predicted molar refractivity (Wildman–Crippen MR) is 76.6 cm³/mol. The van der Waals surface area contributed by atoms with Crippen LogP contribution in [0.2, 0.25) is 0 Å². The molecule has 2 rings (SSSR count). The number of carbonyl (C=O) groups excluding carboxylic acids is 2. The quantitative estimate of drug-likeness (QED) is 0.840. The molecule has 106 valence electrons. The fourth-order valence-electron chi connectivity index (χ4n) is 2.32. The summed E-state index contributed by atoms with van der Waals surface area (Å²) >= 11 is 3.19. The van der Waals surface area contributed by atoms with Gasteiger partial charge in [-0.3, -0.25) is 9.59 Å². The molecule has 1 aromatic carbocycles. The Morgan fingerprint density at radius 3 is 2.30 bits per heavy atom. The summed E-state index contributed by atoms with van der Waals surface area (Å²) < 4.78 is 0.580. The SMILES string of the molecule is CC1(C)CC(=O)N(c2ccc(Br)cc2C(=O)O)C(=O)C1. The fraction of sp³-hybridized carbons (Fsp3) is 0.357. The summed E-state index contributed by atoms with van der Waals surface area (Å²) in [5, 5.41) is 9.23. The molecule has 2 amide bonds. The number of aromatic carboxylic acids is 1. The van der Waals surface area contributed by atoms with Crippen LogP contribution >= 0.6 is 15.9 Å². The number of amides is 2. The van der Waals surface area contributed by atoms with Crippen molar-refractivity contribution >= 4 is 39.4 Å². The molecule has 6 heteroatoms. The van der Waals surface area contributed by atoms with Gasteiger partial charge in [0.2, 0.25) is 11.8 Å². The molecule has 1 aliphatic rings. The minimum absolute atomic E-state index is 0.0687. The van der Waals surface area contributed by atoms with E-state index in [9.17, 15) is 19.5 Å². The second-order valence-electron chi connectivity index (χ2n) is 5.61. The number of halogens is 1. The highest BCUT2D eigenvalue weighted by Gasteiger charge is 2.39. The van der Waals surface area contributed by atoms with Crippen LogP contribution in [-0.2, 0) is 9.59 Å². The largest absolute Gasteiger partial charge is 0.478 e. The van der Waals surface area contributed by atoms with Crippen LogP contribution in [0.5, 0.6) is 0 Å². The molecule has 1 aliphatic heterocycles. The summed E-state index contributed by atoms with van der Waals surface area (Å²) in [6, 6.07) is 4.47. The summed E-state index contributed by atoms with van der Waals surface area (Å²) in [6.45, 7) is 3.69. The molecule has 0 saturated carbocycles. The third-order valence-corrected chi connectivity index (χ3v) is 3.68. The lowest BCUT2D eigenvalue weighted by atomic mass is 9.81. The Morgan fingerprint density at radius 2 is 1.80 bits per heavy atom. The van der Waals surface area contributed by atoms with Gasteiger partial charge < -0.3 is 5.11 Å². The molecule has 1 heterocycles. The fourth-order valence-corrected chi connectivity index (χ4v) is 2.68. The number of benzene rings is 1. The molecule has 0 radical (unpaired) electrons. The van der Waals surface area contributed by atoms with Crippen LogP contribution in [0.3, 0.4) is 0 Å². The van der Waals surface area contributed by atoms with Crippen molar-refractivity contribution in [3.8, 4) is 0 Å². The highest BCUT2D eigenvalue weighted by Crippen LogP contribution is 2.35. The highest BCUT2D eigenvalue weighted by molar-refractivity contribution is 9.10. The number of hydrogen-bond donors (Lipinski definition) is 1. The molecule has 0 atom stereocenters. The Morgan fingerprint density at radius 1 is 1.25 bits per heavy atom. The van der Waals surface area contributed by atoms with Crippen molar-refractivity contribution in [3.63, 3.8) is 0 Å². The summed E-state index contributed by atoms with van der Waals surface area (Å²) in [5.41, 5.74) is -0.323. The van der Waals surface area contributed by atoms with Gasteiger partial charge in [0.25, 0.3) is 0 Å². The molecule has 1 N–H and O–H groups in total. The van der Waals surface area contributed by atoms with Crippen LogP contribution in [-0.4, -0.2) is 22.9 Å². The second-order valence-corrected chi connectivity index (χ2v) is 6.52. The summed E-state index contributed by atoms with van der Waals surface area (Å²) in [5.74, 6) is -1.90. The first-order chi connectivity index (χ1) is 9.21. The third-order valence-electron chi connectivity index (χ3n) is 3.19. The first-order valence-corrected chi connectivity index (χ1v) is 6.89. The Labute approximate surface area is 124 Å². The van der Waals surface area contributed by atoms with Gasteiger partial charge in [0.1, 0.15) is 0 Å². The van der Waals surface area contributed by atoms with E-state index in [2.05, 4.69) is 15.9 Å². The van der Waals surface area contributed by atoms with Crippen molar-refractivity contribution < 1.29 is 19.5 Å². The van der Waals surface area contributed by atoms with Crippen LogP contribution in [0.1, 0.15) is 37.0 Å². The minimum atomic E-state index is -1.17. The number of nitrogens with zero attached hydrogens (tertiary/aromatic N) is 1. The molecular formula is C14H14BrNO4. The molecule has 5 nitrogen and oxygen atoms in total. The number of hydrogen-bond acceptors (Lipinski definition) is 3. The van der Waals surface area contributed by atoms with Gasteiger partial charge in [-0.25, -0.2) is 9.69 Å². The lowest BCUT2D eigenvalue weighted by Crippen LogP contribution is -2.46. The molecule has 0 spiro atoms. The lowest BCUT2D eigenvalue weighted by Gasteiger charge is -2.35. The number of piperidine rings is 1. The van der Waals surface area contributed by atoms with Gasteiger partial charge in [-0.2, -0.15) is 0 Å². The number of imide groups is 1. The van der Waals surface area contributed by atoms with Gasteiger partial charge in [-0.1, -0.05) is 29.8 Å². The van der Waals surface area contributed by atoms with E-state index in [1.807, 2.05) is 13.8 Å². The summed E-state index contributed by atoms with van der Waals surface area (Å²) in [4.78, 5) is 36.6. The Hall–Kier alpha value is -1.69. The Balaban J connectivity index is 2.49. The average Bonchev–Trinajstić information content (AvgIpc) is 2.28.